The Kier molecular flexibility index (Phi) is 20.4. The summed E-state index contributed by atoms with van der Waals surface area (Å²) in [6, 6.07) is 61.1. The van der Waals surface area contributed by atoms with Crippen LogP contribution in [0.15, 0.2) is 182 Å². The second-order valence-corrected chi connectivity index (χ2v) is 25.0. The summed E-state index contributed by atoms with van der Waals surface area (Å²) in [5.74, 6) is 15.3. The molecule has 0 bridgehead atoms. The van der Waals surface area contributed by atoms with Gasteiger partial charge in [0.1, 0.15) is 8.16 Å². The first-order valence-corrected chi connectivity index (χ1v) is 29.8. The molecule has 10 heteroatoms. The van der Waals surface area contributed by atoms with Crippen LogP contribution in [0.5, 0.6) is 0 Å². The number of ether oxygens (including phenoxy) is 2. The van der Waals surface area contributed by atoms with Gasteiger partial charge in [0.2, 0.25) is 0 Å². The van der Waals surface area contributed by atoms with Crippen LogP contribution in [0, 0.1) is 23.7 Å². The first kappa shape index (κ1) is 54.9. The molecule has 0 atom stereocenters. The van der Waals surface area contributed by atoms with Crippen molar-refractivity contribution in [3.8, 4) is 23.7 Å². The van der Waals surface area contributed by atoms with Crippen LogP contribution >= 0.6 is 47.0 Å². The molecule has 0 N–H and O–H groups in total. The van der Waals surface area contributed by atoms with E-state index in [1.54, 1.807) is 0 Å². The van der Waals surface area contributed by atoms with E-state index in [1.807, 2.05) is 181 Å². The molecule has 0 spiro atoms. The molecule has 6 aromatic rings. The lowest BCUT2D eigenvalue weighted by Crippen LogP contribution is -2.55. The minimum atomic E-state index is -1.41. The topological polar surface area (TPSA) is 59.1 Å². The zero-order valence-corrected chi connectivity index (χ0v) is 46.1. The fraction of sp³-hybridized carbons (Fsp3) is 0.344. The highest BCUT2D eigenvalue weighted by Crippen LogP contribution is 2.62. The maximum atomic E-state index is 15.6. The molecule has 0 amide bonds. The Bertz CT molecular complexity index is 2510. The zero-order chi connectivity index (χ0) is 51.4. The quantitative estimate of drug-likeness (QED) is 0.0420. The predicted molar refractivity (Wildman–Crippen MR) is 313 cm³/mol. The van der Waals surface area contributed by atoms with Gasteiger partial charge in [-0.1, -0.05) is 194 Å². The molecule has 6 aromatic carbocycles. The first-order valence-electron chi connectivity index (χ1n) is 25.9. The molecule has 2 fully saturated rings. The summed E-state index contributed by atoms with van der Waals surface area (Å²) in [6.45, 7) is 3.10. The standard InChI is InChI=1S/C64H68N2O4S4/c1-65(47-41-53-29-11-3-12-30-53)45-25-9-23-43-61(71-49-27-50-72-61)63(55-33-15-5-16-34-55,56-35-17-6-18-36-56)69-59(67)60(68)70-64(57-37-19-7-20-38-57,58-39-21-8-22-40-58)62(73-51-28-52-74-62)44-24-10-26-46-66(2)48-42-54-31-13-4-14-32-54/h3-8,11-22,29-40H,23-24,27-28,41-52H2,1-2H3. The van der Waals surface area contributed by atoms with Crippen LogP contribution in [0.3, 0.4) is 0 Å². The van der Waals surface area contributed by atoms with Crippen LogP contribution in [0.4, 0.5) is 0 Å². The molecule has 0 aliphatic carbocycles. The van der Waals surface area contributed by atoms with Crippen molar-refractivity contribution >= 4 is 59.0 Å². The number of carbonyl (C=O) groups is 2. The van der Waals surface area contributed by atoms with Crippen molar-refractivity contribution in [3.05, 3.63) is 215 Å². The number of nitrogens with zero attached hydrogens (tertiary/aromatic N) is 2. The Morgan fingerprint density at radius 3 is 1.03 bits per heavy atom. The third-order valence-corrected chi connectivity index (χ3v) is 20.9. The van der Waals surface area contributed by atoms with Gasteiger partial charge in [0.05, 0.1) is 13.1 Å². The van der Waals surface area contributed by atoms with E-state index in [9.17, 15) is 0 Å². The van der Waals surface area contributed by atoms with Crippen molar-refractivity contribution in [3.63, 3.8) is 0 Å². The molecule has 2 aliphatic heterocycles. The highest BCUT2D eigenvalue weighted by atomic mass is 32.2. The molecule has 6 nitrogen and oxygen atoms in total. The summed E-state index contributed by atoms with van der Waals surface area (Å²) in [5.41, 5.74) is 2.96. The first-order chi connectivity index (χ1) is 36.3. The third-order valence-electron chi connectivity index (χ3n) is 13.7. The number of rotatable bonds is 20. The van der Waals surface area contributed by atoms with Gasteiger partial charge in [-0.3, -0.25) is 9.80 Å². The summed E-state index contributed by atoms with van der Waals surface area (Å²) in [4.78, 5) is 35.6. The van der Waals surface area contributed by atoms with Gasteiger partial charge >= 0.3 is 11.9 Å². The Hall–Kier alpha value is -5.30. The van der Waals surface area contributed by atoms with Gasteiger partial charge in [0.15, 0.2) is 11.2 Å². The molecule has 0 saturated carbocycles. The summed E-state index contributed by atoms with van der Waals surface area (Å²) in [6.07, 6.45) is 6.29. The number of benzene rings is 6. The molecule has 0 aromatic heterocycles. The second-order valence-electron chi connectivity index (χ2n) is 18.9. The van der Waals surface area contributed by atoms with Gasteiger partial charge in [-0.25, -0.2) is 9.59 Å². The Balaban J connectivity index is 1.13. The minimum Gasteiger partial charge on any atom is -0.438 e. The van der Waals surface area contributed by atoms with E-state index in [2.05, 4.69) is 96.1 Å². The average Bonchev–Trinajstić information content (AvgIpc) is 3.46. The van der Waals surface area contributed by atoms with E-state index < -0.39 is 31.3 Å². The molecule has 0 unspecified atom stereocenters. The molecule has 2 aliphatic rings. The van der Waals surface area contributed by atoms with E-state index in [0.717, 1.165) is 84.0 Å². The van der Waals surface area contributed by atoms with Crippen LogP contribution in [0.1, 0.15) is 71.9 Å². The van der Waals surface area contributed by atoms with E-state index >= 15 is 9.59 Å². The summed E-state index contributed by atoms with van der Waals surface area (Å²) < 4.78 is 12.8. The lowest BCUT2D eigenvalue weighted by molar-refractivity contribution is -0.184. The monoisotopic (exact) mass is 1060 g/mol. The van der Waals surface area contributed by atoms with Crippen molar-refractivity contribution in [1.29, 1.82) is 0 Å². The van der Waals surface area contributed by atoms with E-state index in [1.165, 1.54) is 11.1 Å². The van der Waals surface area contributed by atoms with Crippen LogP contribution in [0.25, 0.3) is 0 Å². The van der Waals surface area contributed by atoms with Crippen LogP contribution in [-0.2, 0) is 43.1 Å². The number of esters is 2. The van der Waals surface area contributed by atoms with Crippen molar-refractivity contribution in [1.82, 2.24) is 9.80 Å². The Morgan fingerprint density at radius 1 is 0.446 bits per heavy atom. The molecule has 0 radical (unpaired) electrons. The maximum Gasteiger partial charge on any atom is 0.418 e. The van der Waals surface area contributed by atoms with Gasteiger partial charge in [-0.2, -0.15) is 0 Å². The second kappa shape index (κ2) is 27.5. The summed E-state index contributed by atoms with van der Waals surface area (Å²) in [7, 11) is 4.22. The summed E-state index contributed by atoms with van der Waals surface area (Å²) >= 11 is 7.24. The van der Waals surface area contributed by atoms with Gasteiger partial charge < -0.3 is 9.47 Å². The van der Waals surface area contributed by atoms with Crippen molar-refractivity contribution in [2.24, 2.45) is 0 Å². The third kappa shape index (κ3) is 13.4. The van der Waals surface area contributed by atoms with Gasteiger partial charge in [-0.05, 0) is 86.8 Å². The fourth-order valence-corrected chi connectivity index (χ4v) is 17.4. The molecule has 382 valence electrons. The predicted octanol–water partition coefficient (Wildman–Crippen LogP) is 13.0. The van der Waals surface area contributed by atoms with E-state index in [4.69, 9.17) is 9.47 Å². The highest BCUT2D eigenvalue weighted by Gasteiger charge is 2.61. The number of thioether (sulfide) groups is 4. The number of hydrogen-bond acceptors (Lipinski definition) is 10. The summed E-state index contributed by atoms with van der Waals surface area (Å²) in [5, 5.41) is 0. The largest absolute Gasteiger partial charge is 0.438 e. The number of carbonyl (C=O) groups excluding carboxylic acids is 2. The van der Waals surface area contributed by atoms with Crippen molar-refractivity contribution in [2.45, 2.75) is 70.7 Å². The van der Waals surface area contributed by atoms with Crippen LogP contribution in [-0.4, -0.2) is 93.2 Å². The fourth-order valence-electron chi connectivity index (χ4n) is 9.95. The van der Waals surface area contributed by atoms with Crippen LogP contribution < -0.4 is 0 Å². The molecular formula is C64H68N2O4S4. The SMILES string of the molecule is CN(CC#CCCC1(C(OC(=O)C(=O)OC(c2ccccc2)(c2ccccc2)C2(CCC#CCN(C)CCc3ccccc3)SCCCS2)(c2ccccc2)c2ccccc2)SCCCS1)CCc1ccccc1. The van der Waals surface area contributed by atoms with Crippen molar-refractivity contribution in [2.75, 3.05) is 63.3 Å². The molecule has 2 heterocycles. The van der Waals surface area contributed by atoms with Gasteiger partial charge in [0.25, 0.3) is 0 Å². The minimum absolute atomic E-state index is 0.574. The lowest BCUT2D eigenvalue weighted by atomic mass is 9.80. The number of likely N-dealkylation sites (N-methyl/N-ethyl adjacent to an activating group) is 2. The van der Waals surface area contributed by atoms with Crippen molar-refractivity contribution < 1.29 is 19.1 Å². The van der Waals surface area contributed by atoms with E-state index in [-0.39, 0.29) is 0 Å². The lowest BCUT2D eigenvalue weighted by Gasteiger charge is -2.52. The normalized spacial score (nSPS) is 15.2. The highest BCUT2D eigenvalue weighted by molar-refractivity contribution is 8.19. The molecule has 74 heavy (non-hydrogen) atoms. The average molecular weight is 1060 g/mol. The Morgan fingerprint density at radius 2 is 0.730 bits per heavy atom. The van der Waals surface area contributed by atoms with Gasteiger partial charge in [-0.15, -0.1) is 58.9 Å². The number of hydrogen-bond donors (Lipinski definition) is 0. The zero-order valence-electron chi connectivity index (χ0n) is 42.8. The molecular weight excluding hydrogens is 989 g/mol. The molecule has 8 rings (SSSR count). The molecule has 2 saturated heterocycles. The maximum absolute atomic E-state index is 15.6. The van der Waals surface area contributed by atoms with Crippen LogP contribution in [0.2, 0.25) is 0 Å². The smallest absolute Gasteiger partial charge is 0.418 e. The van der Waals surface area contributed by atoms with E-state index in [0.29, 0.717) is 38.8 Å². The van der Waals surface area contributed by atoms with Gasteiger partial charge in [0, 0.05) is 48.2 Å². The Labute approximate surface area is 457 Å².